The molecule has 0 radical (unpaired) electrons. The van der Waals surface area contributed by atoms with Crippen LogP contribution >= 0.6 is 11.6 Å². The number of carbonyl (C=O) groups is 2. The van der Waals surface area contributed by atoms with Crippen molar-refractivity contribution in [1.29, 1.82) is 0 Å². The first-order chi connectivity index (χ1) is 18.0. The average molecular weight is 535 g/mol. The number of nitrogens with one attached hydrogen (secondary N) is 1. The summed E-state index contributed by atoms with van der Waals surface area (Å²) in [6.07, 6.45) is 0.870. The molecule has 196 valence electrons. The smallest absolute Gasteiger partial charge is 0.224 e. The van der Waals surface area contributed by atoms with Gasteiger partial charge in [0.1, 0.15) is 29.6 Å². The van der Waals surface area contributed by atoms with E-state index in [4.69, 9.17) is 16.3 Å². The minimum Gasteiger partial charge on any atom is -0.506 e. The second-order valence-corrected chi connectivity index (χ2v) is 10.9. The molecular weight excluding hydrogens is 507 g/mol. The lowest BCUT2D eigenvalue weighted by atomic mass is 9.73. The minimum atomic E-state index is -0.805. The first-order valence-electron chi connectivity index (χ1n) is 12.4. The average Bonchev–Trinajstić information content (AvgIpc) is 2.98. The van der Waals surface area contributed by atoms with Crippen LogP contribution in [0.4, 0.5) is 15.8 Å². The van der Waals surface area contributed by atoms with E-state index in [-0.39, 0.29) is 35.3 Å². The number of para-hydroxylation sites is 1. The predicted octanol–water partition coefficient (Wildman–Crippen LogP) is 6.93. The quantitative estimate of drug-likeness (QED) is 0.355. The van der Waals surface area contributed by atoms with Crippen LogP contribution in [-0.4, -0.2) is 16.8 Å². The molecule has 1 aliphatic heterocycles. The number of phenolic OH excluding ortho intramolecular Hbond substituents is 1. The van der Waals surface area contributed by atoms with Gasteiger partial charge in [0.15, 0.2) is 5.78 Å². The number of anilines is 2. The lowest BCUT2D eigenvalue weighted by molar-refractivity contribution is -0.118. The summed E-state index contributed by atoms with van der Waals surface area (Å²) >= 11 is 6.81. The molecule has 0 saturated heterocycles. The van der Waals surface area contributed by atoms with Gasteiger partial charge in [-0.05, 0) is 59.4 Å². The Balaban J connectivity index is 1.60. The van der Waals surface area contributed by atoms with Crippen molar-refractivity contribution in [2.24, 2.45) is 5.41 Å². The molecule has 0 bridgehead atoms. The van der Waals surface area contributed by atoms with E-state index in [0.29, 0.717) is 51.8 Å². The van der Waals surface area contributed by atoms with Gasteiger partial charge in [-0.1, -0.05) is 49.7 Å². The Bertz CT molecular complexity index is 1470. The van der Waals surface area contributed by atoms with Crippen molar-refractivity contribution in [2.45, 2.75) is 46.3 Å². The van der Waals surface area contributed by atoms with Crippen LogP contribution in [0.2, 0.25) is 5.02 Å². The number of amides is 1. The molecule has 1 amide bonds. The lowest BCUT2D eigenvalue weighted by Gasteiger charge is -2.37. The number of nitrogens with zero attached hydrogens (tertiary/aromatic N) is 1. The normalized spacial score (nSPS) is 18.3. The molecule has 3 aromatic rings. The summed E-state index contributed by atoms with van der Waals surface area (Å²) in [6.45, 7) is 5.69. The fourth-order valence-electron chi connectivity index (χ4n) is 5.25. The highest BCUT2D eigenvalue weighted by Crippen LogP contribution is 2.51. The zero-order valence-corrected chi connectivity index (χ0v) is 22.1. The molecule has 2 N–H and O–H groups in total. The van der Waals surface area contributed by atoms with Gasteiger partial charge in [0, 0.05) is 29.6 Å². The summed E-state index contributed by atoms with van der Waals surface area (Å²) < 4.78 is 19.1. The maximum Gasteiger partial charge on any atom is 0.224 e. The van der Waals surface area contributed by atoms with Crippen molar-refractivity contribution in [3.05, 3.63) is 93.9 Å². The predicted molar refractivity (Wildman–Crippen MR) is 145 cm³/mol. The monoisotopic (exact) mass is 534 g/mol. The number of halogens is 2. The lowest BCUT2D eigenvalue weighted by Crippen LogP contribution is -2.38. The molecule has 1 unspecified atom stereocenters. The summed E-state index contributed by atoms with van der Waals surface area (Å²) in [6, 6.07) is 15.3. The molecule has 6 nitrogen and oxygen atoms in total. The SMILES string of the molecule is CC(=O)N1c2cccc(O)c2NC2=C(C(=O)CC(C)(C)C2)C1c1ccc(OCc2ccc(F)cc2)cc1Cl. The molecule has 1 heterocycles. The summed E-state index contributed by atoms with van der Waals surface area (Å²) in [5.41, 5.74) is 3.01. The van der Waals surface area contributed by atoms with Crippen molar-refractivity contribution in [3.8, 4) is 11.5 Å². The Morgan fingerprint density at radius 1 is 1.16 bits per heavy atom. The molecule has 1 atom stereocenters. The van der Waals surface area contributed by atoms with Gasteiger partial charge < -0.3 is 15.2 Å². The van der Waals surface area contributed by atoms with E-state index < -0.39 is 6.04 Å². The number of phenols is 1. The summed E-state index contributed by atoms with van der Waals surface area (Å²) in [5.74, 6) is -0.235. The molecule has 0 saturated carbocycles. The number of carbonyl (C=O) groups excluding carboxylic acids is 2. The van der Waals surface area contributed by atoms with E-state index in [1.807, 2.05) is 13.8 Å². The Labute approximate surface area is 225 Å². The number of aromatic hydroxyl groups is 1. The van der Waals surface area contributed by atoms with Gasteiger partial charge in [-0.25, -0.2) is 4.39 Å². The standard InChI is InChI=1S/C30H28ClFN2O4/c1-17(35)34-24-5-4-6-25(36)28(24)33-23-14-30(2,3)15-26(37)27(23)29(34)21-12-11-20(13-22(21)31)38-16-18-7-9-19(32)10-8-18/h4-13,29,33,36H,14-16H2,1-3H3. The van der Waals surface area contributed by atoms with Crippen LogP contribution in [0, 0.1) is 11.2 Å². The largest absolute Gasteiger partial charge is 0.506 e. The zero-order chi connectivity index (χ0) is 27.2. The third kappa shape index (κ3) is 4.86. The maximum atomic E-state index is 13.7. The van der Waals surface area contributed by atoms with Crippen molar-refractivity contribution in [1.82, 2.24) is 0 Å². The number of ether oxygens (including phenoxy) is 1. The topological polar surface area (TPSA) is 78.9 Å². The Morgan fingerprint density at radius 3 is 2.58 bits per heavy atom. The maximum absolute atomic E-state index is 13.7. The minimum absolute atomic E-state index is 0.0206. The van der Waals surface area contributed by atoms with Gasteiger partial charge >= 0.3 is 0 Å². The summed E-state index contributed by atoms with van der Waals surface area (Å²) in [5, 5.41) is 14.3. The molecule has 3 aromatic carbocycles. The van der Waals surface area contributed by atoms with Gasteiger partial charge in [0.05, 0.1) is 11.7 Å². The summed E-state index contributed by atoms with van der Waals surface area (Å²) in [4.78, 5) is 28.3. The van der Waals surface area contributed by atoms with E-state index >= 15 is 0 Å². The Kier molecular flexibility index (Phi) is 6.65. The Morgan fingerprint density at radius 2 is 1.89 bits per heavy atom. The highest BCUT2D eigenvalue weighted by Gasteiger charge is 2.43. The zero-order valence-electron chi connectivity index (χ0n) is 21.3. The van der Waals surface area contributed by atoms with E-state index in [0.717, 1.165) is 5.56 Å². The number of ketones is 1. The molecule has 38 heavy (non-hydrogen) atoms. The van der Waals surface area contributed by atoms with Crippen molar-refractivity contribution >= 4 is 34.7 Å². The van der Waals surface area contributed by atoms with E-state index in [1.165, 1.54) is 24.0 Å². The molecule has 0 aromatic heterocycles. The first kappa shape index (κ1) is 25.8. The van der Waals surface area contributed by atoms with Crippen molar-refractivity contribution in [2.75, 3.05) is 10.2 Å². The Hall–Kier alpha value is -3.84. The molecular formula is C30H28ClFN2O4. The second-order valence-electron chi connectivity index (χ2n) is 10.5. The van der Waals surface area contributed by atoms with E-state index in [9.17, 15) is 19.1 Å². The molecule has 2 aliphatic rings. The van der Waals surface area contributed by atoms with Gasteiger partial charge in [0.25, 0.3) is 0 Å². The van der Waals surface area contributed by atoms with Crippen molar-refractivity contribution < 1.29 is 23.8 Å². The van der Waals surface area contributed by atoms with Gasteiger partial charge in [-0.3, -0.25) is 14.5 Å². The molecule has 0 spiro atoms. The number of hydrogen-bond acceptors (Lipinski definition) is 5. The highest BCUT2D eigenvalue weighted by atomic mass is 35.5. The van der Waals surface area contributed by atoms with Crippen LogP contribution in [-0.2, 0) is 16.2 Å². The number of fused-ring (bicyclic) bond motifs is 1. The van der Waals surface area contributed by atoms with Gasteiger partial charge in [-0.15, -0.1) is 0 Å². The number of Topliss-reactive ketones (excluding diaryl/α,β-unsaturated/α-hetero) is 1. The molecule has 5 rings (SSSR count). The van der Waals surface area contributed by atoms with Gasteiger partial charge in [0.2, 0.25) is 5.91 Å². The molecule has 8 heteroatoms. The van der Waals surface area contributed by atoms with Gasteiger partial charge in [-0.2, -0.15) is 0 Å². The first-order valence-corrected chi connectivity index (χ1v) is 12.7. The fraction of sp³-hybridized carbons (Fsp3) is 0.267. The second kappa shape index (κ2) is 9.80. The number of allylic oxidation sites excluding steroid dienone is 1. The van der Waals surface area contributed by atoms with Crippen LogP contribution in [0.25, 0.3) is 0 Å². The number of benzene rings is 3. The van der Waals surface area contributed by atoms with E-state index in [2.05, 4.69) is 5.32 Å². The van der Waals surface area contributed by atoms with Crippen LogP contribution in [0.15, 0.2) is 71.9 Å². The van der Waals surface area contributed by atoms with Crippen molar-refractivity contribution in [3.63, 3.8) is 0 Å². The molecule has 1 aliphatic carbocycles. The highest BCUT2D eigenvalue weighted by molar-refractivity contribution is 6.31. The third-order valence-corrected chi connectivity index (χ3v) is 7.26. The molecule has 0 fully saturated rings. The van der Waals surface area contributed by atoms with E-state index in [1.54, 1.807) is 48.5 Å². The van der Waals surface area contributed by atoms with Crippen LogP contribution in [0.5, 0.6) is 11.5 Å². The van der Waals surface area contributed by atoms with Crippen LogP contribution in [0.1, 0.15) is 50.8 Å². The van der Waals surface area contributed by atoms with Crippen LogP contribution < -0.4 is 15.0 Å². The summed E-state index contributed by atoms with van der Waals surface area (Å²) in [7, 11) is 0. The number of hydrogen-bond donors (Lipinski definition) is 2. The van der Waals surface area contributed by atoms with Crippen LogP contribution in [0.3, 0.4) is 0 Å². The fourth-order valence-corrected chi connectivity index (χ4v) is 5.53. The third-order valence-electron chi connectivity index (χ3n) is 6.93. The number of rotatable bonds is 4.